The molecule has 2 heterocycles. The van der Waals surface area contributed by atoms with Crippen LogP contribution < -0.4 is 0 Å². The van der Waals surface area contributed by atoms with Crippen LogP contribution in [0, 0.1) is 11.7 Å². The van der Waals surface area contributed by atoms with Crippen LogP contribution in [0.15, 0.2) is 30.6 Å². The minimum atomic E-state index is -0.255. The van der Waals surface area contributed by atoms with Gasteiger partial charge in [-0.15, -0.1) is 5.10 Å². The molecule has 1 saturated heterocycles. The maximum Gasteiger partial charge on any atom is 0.224 e. The fourth-order valence-electron chi connectivity index (χ4n) is 3.54. The van der Waals surface area contributed by atoms with E-state index >= 15 is 0 Å². The summed E-state index contributed by atoms with van der Waals surface area (Å²) in [5.41, 5.74) is 0.961. The maximum atomic E-state index is 13.2. The molecule has 7 nitrogen and oxygen atoms in total. The van der Waals surface area contributed by atoms with Gasteiger partial charge in [-0.1, -0.05) is 26.0 Å². The number of nitrogens with zero attached hydrogens (tertiary/aromatic N) is 6. The largest absolute Gasteiger partial charge is 0.334 e. The zero-order valence-corrected chi connectivity index (χ0v) is 16.0. The molecule has 1 aromatic carbocycles. The van der Waals surface area contributed by atoms with Crippen molar-refractivity contribution in [3.63, 3.8) is 0 Å². The maximum absolute atomic E-state index is 13.2. The fourth-order valence-corrected chi connectivity index (χ4v) is 3.54. The molecule has 2 aromatic rings. The number of halogens is 1. The molecule has 0 saturated carbocycles. The number of benzene rings is 1. The van der Waals surface area contributed by atoms with E-state index < -0.39 is 0 Å². The zero-order chi connectivity index (χ0) is 19.2. The lowest BCUT2D eigenvalue weighted by Gasteiger charge is -2.35. The molecule has 0 radical (unpaired) electrons. The lowest BCUT2D eigenvalue weighted by Crippen LogP contribution is -2.46. The molecule has 1 aromatic heterocycles. The number of hydrogen-bond donors (Lipinski definition) is 0. The van der Waals surface area contributed by atoms with Crippen LogP contribution in [-0.4, -0.2) is 61.6 Å². The van der Waals surface area contributed by atoms with E-state index in [1.807, 2.05) is 4.90 Å². The van der Waals surface area contributed by atoms with Gasteiger partial charge in [0.25, 0.3) is 0 Å². The highest BCUT2D eigenvalue weighted by Crippen LogP contribution is 2.21. The minimum Gasteiger partial charge on any atom is -0.334 e. The van der Waals surface area contributed by atoms with E-state index in [2.05, 4.69) is 34.3 Å². The summed E-state index contributed by atoms with van der Waals surface area (Å²) in [5.74, 6) is 0.255. The van der Waals surface area contributed by atoms with Crippen LogP contribution in [0.4, 0.5) is 4.39 Å². The summed E-state index contributed by atoms with van der Waals surface area (Å²) in [6.07, 6.45) is 3.06. The Kier molecular flexibility index (Phi) is 6.49. The first-order valence-electron chi connectivity index (χ1n) is 9.50. The summed E-state index contributed by atoms with van der Waals surface area (Å²) in [4.78, 5) is 17.1. The molecule has 3 rings (SSSR count). The van der Waals surface area contributed by atoms with E-state index in [-0.39, 0.29) is 17.8 Å². The highest BCUT2D eigenvalue weighted by Gasteiger charge is 2.31. The van der Waals surface area contributed by atoms with Crippen LogP contribution in [0.25, 0.3) is 0 Å². The number of aromatic nitrogens is 4. The molecule has 146 valence electrons. The van der Waals surface area contributed by atoms with Crippen molar-refractivity contribution in [2.75, 3.05) is 19.6 Å². The molecule has 8 heteroatoms. The van der Waals surface area contributed by atoms with Gasteiger partial charge in [-0.2, -0.15) is 0 Å². The van der Waals surface area contributed by atoms with Crippen molar-refractivity contribution < 1.29 is 9.18 Å². The average molecular weight is 374 g/mol. The van der Waals surface area contributed by atoms with Crippen LogP contribution in [0.2, 0.25) is 0 Å². The van der Waals surface area contributed by atoms with E-state index in [1.165, 1.54) is 12.1 Å². The normalized spacial score (nSPS) is 18.9. The van der Waals surface area contributed by atoms with Crippen LogP contribution in [0.3, 0.4) is 0 Å². The SMILES string of the molecule is CC(C)[C@H]1CN(CCCn2cnnn2)CCC(=O)N1Cc1ccc(F)cc1. The number of carbonyl (C=O) groups is 1. The Balaban J connectivity index is 1.63. The van der Waals surface area contributed by atoms with Gasteiger partial charge in [0.1, 0.15) is 12.1 Å². The Labute approximate surface area is 159 Å². The van der Waals surface area contributed by atoms with Gasteiger partial charge in [-0.3, -0.25) is 4.79 Å². The molecule has 0 bridgehead atoms. The molecule has 1 aliphatic rings. The van der Waals surface area contributed by atoms with Crippen molar-refractivity contribution >= 4 is 5.91 Å². The lowest BCUT2D eigenvalue weighted by atomic mass is 10.0. The predicted molar refractivity (Wildman–Crippen MR) is 99.1 cm³/mol. The first-order valence-corrected chi connectivity index (χ1v) is 9.50. The molecule has 0 aliphatic carbocycles. The number of tetrazole rings is 1. The molecular weight excluding hydrogens is 347 g/mol. The number of hydrogen-bond acceptors (Lipinski definition) is 5. The van der Waals surface area contributed by atoms with Gasteiger partial charge in [-0.05, 0) is 47.0 Å². The topological polar surface area (TPSA) is 67.2 Å². The smallest absolute Gasteiger partial charge is 0.224 e. The number of carbonyl (C=O) groups excluding carboxylic acids is 1. The van der Waals surface area contributed by atoms with Crippen molar-refractivity contribution in [2.24, 2.45) is 5.92 Å². The highest BCUT2D eigenvalue weighted by molar-refractivity contribution is 5.77. The van der Waals surface area contributed by atoms with E-state index in [1.54, 1.807) is 23.1 Å². The second-order valence-electron chi connectivity index (χ2n) is 7.44. The third-order valence-corrected chi connectivity index (χ3v) is 5.10. The van der Waals surface area contributed by atoms with Gasteiger partial charge in [0.15, 0.2) is 0 Å². The molecule has 0 unspecified atom stereocenters. The van der Waals surface area contributed by atoms with Crippen LogP contribution in [0.5, 0.6) is 0 Å². The van der Waals surface area contributed by atoms with Crippen LogP contribution in [-0.2, 0) is 17.9 Å². The summed E-state index contributed by atoms with van der Waals surface area (Å²) < 4.78 is 14.9. The number of amides is 1. The van der Waals surface area contributed by atoms with Gasteiger partial charge >= 0.3 is 0 Å². The molecular formula is C19H27FN6O. The van der Waals surface area contributed by atoms with E-state index in [0.717, 1.165) is 38.2 Å². The second kappa shape index (κ2) is 9.03. The van der Waals surface area contributed by atoms with Gasteiger partial charge in [-0.25, -0.2) is 9.07 Å². The van der Waals surface area contributed by atoms with Gasteiger partial charge in [0.05, 0.1) is 0 Å². The third kappa shape index (κ3) is 5.32. The van der Waals surface area contributed by atoms with Crippen molar-refractivity contribution in [2.45, 2.75) is 45.8 Å². The third-order valence-electron chi connectivity index (χ3n) is 5.10. The van der Waals surface area contributed by atoms with E-state index in [9.17, 15) is 9.18 Å². The highest BCUT2D eigenvalue weighted by atomic mass is 19.1. The standard InChI is InChI=1S/C19H27FN6O/c1-15(2)18-13-24(9-3-10-25-14-21-22-23-25)11-8-19(27)26(18)12-16-4-6-17(20)7-5-16/h4-7,14-15,18H,3,8-13H2,1-2H3/t18-/m1/s1. The Hall–Kier alpha value is -2.35. The van der Waals surface area contributed by atoms with E-state index in [4.69, 9.17) is 0 Å². The Morgan fingerprint density at radius 2 is 2.00 bits per heavy atom. The van der Waals surface area contributed by atoms with Gasteiger partial charge < -0.3 is 9.80 Å². The monoisotopic (exact) mass is 374 g/mol. The Bertz CT molecular complexity index is 718. The number of aryl methyl sites for hydroxylation is 1. The quantitative estimate of drug-likeness (QED) is 0.741. The summed E-state index contributed by atoms with van der Waals surface area (Å²) >= 11 is 0. The van der Waals surface area contributed by atoms with Crippen molar-refractivity contribution in [3.05, 3.63) is 42.0 Å². The average Bonchev–Trinajstić information content (AvgIpc) is 3.11. The van der Waals surface area contributed by atoms with Crippen molar-refractivity contribution in [1.29, 1.82) is 0 Å². The van der Waals surface area contributed by atoms with E-state index in [0.29, 0.717) is 18.9 Å². The van der Waals surface area contributed by atoms with Crippen LogP contribution in [0.1, 0.15) is 32.3 Å². The summed E-state index contributed by atoms with van der Waals surface area (Å²) in [6, 6.07) is 6.56. The summed E-state index contributed by atoms with van der Waals surface area (Å²) in [5, 5.41) is 11.2. The Morgan fingerprint density at radius 3 is 2.67 bits per heavy atom. The van der Waals surface area contributed by atoms with Crippen LogP contribution >= 0.6 is 0 Å². The lowest BCUT2D eigenvalue weighted by molar-refractivity contribution is -0.134. The predicted octanol–water partition coefficient (Wildman–Crippen LogP) is 1.96. The molecule has 0 N–H and O–H groups in total. The molecule has 1 fully saturated rings. The molecule has 1 atom stereocenters. The molecule has 0 spiro atoms. The van der Waals surface area contributed by atoms with Gasteiger partial charge in [0.2, 0.25) is 5.91 Å². The molecule has 1 amide bonds. The molecule has 1 aliphatic heterocycles. The Morgan fingerprint density at radius 1 is 1.22 bits per heavy atom. The first-order chi connectivity index (χ1) is 13.0. The van der Waals surface area contributed by atoms with Crippen molar-refractivity contribution in [3.8, 4) is 0 Å². The van der Waals surface area contributed by atoms with Gasteiger partial charge in [0, 0.05) is 38.6 Å². The zero-order valence-electron chi connectivity index (χ0n) is 16.0. The first kappa shape index (κ1) is 19.4. The van der Waals surface area contributed by atoms with Crippen molar-refractivity contribution in [1.82, 2.24) is 30.0 Å². The second-order valence-corrected chi connectivity index (χ2v) is 7.44. The minimum absolute atomic E-state index is 0.137. The summed E-state index contributed by atoms with van der Waals surface area (Å²) in [7, 11) is 0. The number of rotatable bonds is 7. The fraction of sp³-hybridized carbons (Fsp3) is 0.579. The molecule has 27 heavy (non-hydrogen) atoms. The summed E-state index contributed by atoms with van der Waals surface area (Å²) in [6.45, 7) is 8.11.